The van der Waals surface area contributed by atoms with Crippen LogP contribution in [0.2, 0.25) is 10.0 Å². The maximum Gasteiger partial charge on any atom is 0.264 e. The lowest BCUT2D eigenvalue weighted by Crippen LogP contribution is -2.41. The van der Waals surface area contributed by atoms with Crippen LogP contribution in [0, 0.1) is 6.92 Å². The molecule has 0 spiro atoms. The second kappa shape index (κ2) is 11.8. The third-order valence-corrected chi connectivity index (χ3v) is 8.21. The summed E-state index contributed by atoms with van der Waals surface area (Å²) in [4.78, 5) is 12.8. The molecule has 0 unspecified atom stereocenters. The van der Waals surface area contributed by atoms with Crippen LogP contribution in [-0.2, 0) is 20.6 Å². The fraction of sp³-hybridized carbons (Fsp3) is 0.208. The van der Waals surface area contributed by atoms with Crippen molar-refractivity contribution in [3.05, 3.63) is 94.0 Å². The van der Waals surface area contributed by atoms with Crippen LogP contribution >= 0.6 is 35.0 Å². The Morgan fingerprint density at radius 2 is 1.70 bits per heavy atom. The van der Waals surface area contributed by atoms with E-state index in [1.54, 1.807) is 54.2 Å². The molecule has 0 aromatic heterocycles. The lowest BCUT2D eigenvalue weighted by Gasteiger charge is -2.25. The number of sulfonamides is 1. The Labute approximate surface area is 209 Å². The summed E-state index contributed by atoms with van der Waals surface area (Å²) in [5.41, 5.74) is 2.21. The minimum absolute atomic E-state index is 0.136. The number of para-hydroxylation sites is 1. The number of halogens is 2. The van der Waals surface area contributed by atoms with E-state index in [9.17, 15) is 13.2 Å². The third-order valence-electron chi connectivity index (χ3n) is 4.84. The molecule has 33 heavy (non-hydrogen) atoms. The number of amides is 1. The predicted octanol–water partition coefficient (Wildman–Crippen LogP) is 5.55. The first kappa shape index (κ1) is 25.4. The summed E-state index contributed by atoms with van der Waals surface area (Å²) < 4.78 is 27.8. The van der Waals surface area contributed by atoms with Gasteiger partial charge in [0.15, 0.2) is 0 Å². The molecule has 0 saturated carbocycles. The molecule has 1 N–H and O–H groups in total. The van der Waals surface area contributed by atoms with Gasteiger partial charge in [0.2, 0.25) is 5.91 Å². The molecule has 0 fully saturated rings. The predicted molar refractivity (Wildman–Crippen MR) is 138 cm³/mol. The zero-order valence-electron chi connectivity index (χ0n) is 18.0. The minimum Gasteiger partial charge on any atom is -0.354 e. The van der Waals surface area contributed by atoms with E-state index in [0.717, 1.165) is 15.4 Å². The second-order valence-electron chi connectivity index (χ2n) is 7.25. The number of nitrogens with zero attached hydrogens (tertiary/aromatic N) is 1. The van der Waals surface area contributed by atoms with E-state index in [4.69, 9.17) is 23.2 Å². The summed E-state index contributed by atoms with van der Waals surface area (Å²) in [6.07, 6.45) is 0. The smallest absolute Gasteiger partial charge is 0.264 e. The third kappa shape index (κ3) is 6.90. The normalized spacial score (nSPS) is 11.2. The SMILES string of the molecule is Cc1ccccc1N(CC(=O)NCCSCc1ccc(Cl)cc1Cl)S(=O)(=O)c1ccccc1. The van der Waals surface area contributed by atoms with Crippen LogP contribution in [-0.4, -0.2) is 33.2 Å². The number of thioether (sulfide) groups is 1. The molecule has 0 aliphatic carbocycles. The molecule has 0 aliphatic rings. The number of carbonyl (C=O) groups is 1. The lowest BCUT2D eigenvalue weighted by molar-refractivity contribution is -0.119. The Balaban J connectivity index is 1.63. The number of hydrogen-bond donors (Lipinski definition) is 1. The maximum atomic E-state index is 13.3. The van der Waals surface area contributed by atoms with Crippen LogP contribution in [0.5, 0.6) is 0 Å². The molecule has 3 aromatic carbocycles. The molecule has 174 valence electrons. The van der Waals surface area contributed by atoms with Gasteiger partial charge in [0.05, 0.1) is 10.6 Å². The van der Waals surface area contributed by atoms with Crippen molar-refractivity contribution in [2.45, 2.75) is 17.6 Å². The highest BCUT2D eigenvalue weighted by atomic mass is 35.5. The number of rotatable bonds is 10. The first-order valence-corrected chi connectivity index (χ1v) is 13.6. The molecule has 0 radical (unpaired) electrons. The van der Waals surface area contributed by atoms with Crippen LogP contribution < -0.4 is 9.62 Å². The Hall–Kier alpha value is -2.19. The lowest BCUT2D eigenvalue weighted by atomic mass is 10.2. The van der Waals surface area contributed by atoms with Gasteiger partial charge in [-0.2, -0.15) is 11.8 Å². The molecule has 0 aliphatic heterocycles. The zero-order valence-corrected chi connectivity index (χ0v) is 21.1. The second-order valence-corrected chi connectivity index (χ2v) is 11.1. The van der Waals surface area contributed by atoms with Crippen molar-refractivity contribution in [1.82, 2.24) is 5.32 Å². The van der Waals surface area contributed by atoms with Gasteiger partial charge in [0.1, 0.15) is 6.54 Å². The Morgan fingerprint density at radius 3 is 2.39 bits per heavy atom. The largest absolute Gasteiger partial charge is 0.354 e. The van der Waals surface area contributed by atoms with Gasteiger partial charge in [-0.05, 0) is 48.4 Å². The molecule has 0 heterocycles. The standard InChI is InChI=1S/C24H24Cl2N2O3S2/c1-18-7-5-6-10-23(18)28(33(30,31)21-8-3-2-4-9-21)16-24(29)27-13-14-32-17-19-11-12-20(25)15-22(19)26/h2-12,15H,13-14,16-17H2,1H3,(H,27,29). The maximum absolute atomic E-state index is 13.3. The van der Waals surface area contributed by atoms with Crippen molar-refractivity contribution in [1.29, 1.82) is 0 Å². The molecular weight excluding hydrogens is 499 g/mol. The van der Waals surface area contributed by atoms with Crippen molar-refractivity contribution in [2.24, 2.45) is 0 Å². The van der Waals surface area contributed by atoms with Crippen LogP contribution in [0.15, 0.2) is 77.7 Å². The Kier molecular flexibility index (Phi) is 9.09. The topological polar surface area (TPSA) is 66.5 Å². The molecule has 1 amide bonds. The summed E-state index contributed by atoms with van der Waals surface area (Å²) in [6, 6.07) is 20.6. The van der Waals surface area contributed by atoms with E-state index in [-0.39, 0.29) is 17.3 Å². The molecule has 9 heteroatoms. The van der Waals surface area contributed by atoms with Crippen molar-refractivity contribution in [3.8, 4) is 0 Å². The number of carbonyl (C=O) groups excluding carboxylic acids is 1. The fourth-order valence-electron chi connectivity index (χ4n) is 3.13. The quantitative estimate of drug-likeness (QED) is 0.354. The van der Waals surface area contributed by atoms with E-state index < -0.39 is 10.0 Å². The summed E-state index contributed by atoms with van der Waals surface area (Å²) in [5.74, 6) is 0.965. The Morgan fingerprint density at radius 1 is 1.00 bits per heavy atom. The monoisotopic (exact) mass is 522 g/mol. The number of aryl methyl sites for hydroxylation is 1. The van der Waals surface area contributed by atoms with Gasteiger partial charge in [-0.25, -0.2) is 8.42 Å². The summed E-state index contributed by atoms with van der Waals surface area (Å²) in [6.45, 7) is 1.91. The summed E-state index contributed by atoms with van der Waals surface area (Å²) in [5, 5.41) is 4.01. The number of nitrogens with one attached hydrogen (secondary N) is 1. The van der Waals surface area contributed by atoms with E-state index in [0.29, 0.717) is 33.8 Å². The van der Waals surface area contributed by atoms with Crippen molar-refractivity contribution in [2.75, 3.05) is 23.1 Å². The van der Waals surface area contributed by atoms with E-state index in [1.165, 1.54) is 12.1 Å². The van der Waals surface area contributed by atoms with E-state index in [2.05, 4.69) is 5.32 Å². The van der Waals surface area contributed by atoms with Gasteiger partial charge < -0.3 is 5.32 Å². The van der Waals surface area contributed by atoms with Crippen molar-refractivity contribution in [3.63, 3.8) is 0 Å². The molecule has 3 rings (SSSR count). The van der Waals surface area contributed by atoms with Gasteiger partial charge in [0, 0.05) is 28.1 Å². The zero-order chi connectivity index (χ0) is 23.8. The van der Waals surface area contributed by atoms with Crippen LogP contribution in [0.25, 0.3) is 0 Å². The molecule has 5 nitrogen and oxygen atoms in total. The van der Waals surface area contributed by atoms with Crippen molar-refractivity contribution >= 4 is 56.6 Å². The first-order valence-electron chi connectivity index (χ1n) is 10.2. The summed E-state index contributed by atoms with van der Waals surface area (Å²) in [7, 11) is -3.91. The number of hydrogen-bond acceptors (Lipinski definition) is 4. The fourth-order valence-corrected chi connectivity index (χ4v) is 6.06. The highest BCUT2D eigenvalue weighted by Gasteiger charge is 2.27. The molecule has 0 atom stereocenters. The van der Waals surface area contributed by atoms with Gasteiger partial charge in [0.25, 0.3) is 10.0 Å². The van der Waals surface area contributed by atoms with Crippen LogP contribution in [0.4, 0.5) is 5.69 Å². The van der Waals surface area contributed by atoms with E-state index >= 15 is 0 Å². The van der Waals surface area contributed by atoms with Gasteiger partial charge in [-0.3, -0.25) is 9.10 Å². The van der Waals surface area contributed by atoms with Gasteiger partial charge >= 0.3 is 0 Å². The first-order chi connectivity index (χ1) is 15.8. The highest BCUT2D eigenvalue weighted by molar-refractivity contribution is 7.98. The van der Waals surface area contributed by atoms with Crippen molar-refractivity contribution < 1.29 is 13.2 Å². The highest BCUT2D eigenvalue weighted by Crippen LogP contribution is 2.27. The molecule has 0 bridgehead atoms. The minimum atomic E-state index is -3.91. The molecule has 3 aromatic rings. The van der Waals surface area contributed by atoms with E-state index in [1.807, 2.05) is 25.1 Å². The summed E-state index contributed by atoms with van der Waals surface area (Å²) >= 11 is 13.7. The van der Waals surface area contributed by atoms with Gasteiger partial charge in [-0.15, -0.1) is 0 Å². The molecule has 0 saturated heterocycles. The van der Waals surface area contributed by atoms with Crippen LogP contribution in [0.1, 0.15) is 11.1 Å². The molecular formula is C24H24Cl2N2O3S2. The number of benzene rings is 3. The van der Waals surface area contributed by atoms with Crippen LogP contribution in [0.3, 0.4) is 0 Å². The van der Waals surface area contributed by atoms with Gasteiger partial charge in [-0.1, -0.05) is 65.7 Å². The average molecular weight is 524 g/mol. The average Bonchev–Trinajstić information content (AvgIpc) is 2.79. The number of anilines is 1. The Bertz CT molecular complexity index is 1210.